The van der Waals surface area contributed by atoms with Crippen LogP contribution >= 0.6 is 0 Å². The van der Waals surface area contributed by atoms with Crippen LogP contribution in [0, 0.1) is 11.3 Å². The Balaban J connectivity index is 2.17. The maximum absolute atomic E-state index is 11.6. The second kappa shape index (κ2) is 9.33. The van der Waals surface area contributed by atoms with E-state index >= 15 is 0 Å². The molecule has 2 N–H and O–H groups in total. The number of rotatable bonds is 9. The fourth-order valence-corrected chi connectivity index (χ4v) is 2.50. The first-order valence-corrected chi connectivity index (χ1v) is 8.45. The zero-order valence-electron chi connectivity index (χ0n) is 14.9. The smallest absolute Gasteiger partial charge is 0.326 e. The molecule has 0 aliphatic rings. The van der Waals surface area contributed by atoms with Gasteiger partial charge in [0.2, 0.25) is 0 Å². The number of carbonyl (C=O) groups is 1. The topological polar surface area (TPSA) is 91.6 Å². The number of hydrogen-bond acceptors (Lipinski definition) is 5. The van der Waals surface area contributed by atoms with Crippen LogP contribution in [0.1, 0.15) is 25.0 Å². The minimum Gasteiger partial charge on any atom is -0.490 e. The molecule has 0 fully saturated rings. The number of carboxylic acid groups (broad SMARTS) is 1. The van der Waals surface area contributed by atoms with Crippen LogP contribution in [-0.2, 0) is 11.2 Å². The van der Waals surface area contributed by atoms with Crippen LogP contribution in [0.2, 0.25) is 0 Å². The molecule has 1 atom stereocenters. The van der Waals surface area contributed by atoms with E-state index in [1.54, 1.807) is 30.3 Å². The Morgan fingerprint density at radius 3 is 2.35 bits per heavy atom. The highest BCUT2D eigenvalue weighted by Gasteiger charge is 2.19. The molecule has 0 heterocycles. The van der Waals surface area contributed by atoms with E-state index in [2.05, 4.69) is 5.32 Å². The first-order chi connectivity index (χ1) is 12.6. The molecule has 6 heteroatoms. The average molecular weight is 354 g/mol. The number of ether oxygens (including phenoxy) is 2. The number of aliphatic carboxylic acids is 1. The Labute approximate surface area is 153 Å². The molecular weight excluding hydrogens is 332 g/mol. The summed E-state index contributed by atoms with van der Waals surface area (Å²) < 4.78 is 11.1. The van der Waals surface area contributed by atoms with Crippen molar-refractivity contribution in [2.75, 3.05) is 18.5 Å². The van der Waals surface area contributed by atoms with Gasteiger partial charge >= 0.3 is 5.97 Å². The molecule has 0 aliphatic heterocycles. The van der Waals surface area contributed by atoms with Crippen molar-refractivity contribution in [3.8, 4) is 17.6 Å². The summed E-state index contributed by atoms with van der Waals surface area (Å²) in [7, 11) is 0. The van der Waals surface area contributed by atoms with Crippen molar-refractivity contribution in [1.82, 2.24) is 0 Å². The minimum atomic E-state index is -0.957. The van der Waals surface area contributed by atoms with Gasteiger partial charge in [0.25, 0.3) is 0 Å². The van der Waals surface area contributed by atoms with Crippen LogP contribution in [0.15, 0.2) is 42.5 Å². The third-order valence-corrected chi connectivity index (χ3v) is 3.70. The van der Waals surface area contributed by atoms with Crippen molar-refractivity contribution >= 4 is 11.7 Å². The molecule has 6 nitrogen and oxygen atoms in total. The van der Waals surface area contributed by atoms with E-state index < -0.39 is 12.0 Å². The summed E-state index contributed by atoms with van der Waals surface area (Å²) >= 11 is 0. The fraction of sp³-hybridized carbons (Fsp3) is 0.300. The maximum atomic E-state index is 11.6. The molecular formula is C20H22N2O4. The Hall–Kier alpha value is -3.20. The van der Waals surface area contributed by atoms with Gasteiger partial charge < -0.3 is 19.9 Å². The summed E-state index contributed by atoms with van der Waals surface area (Å²) in [5.41, 5.74) is 1.99. The first kappa shape index (κ1) is 19.1. The van der Waals surface area contributed by atoms with Gasteiger partial charge in [-0.1, -0.05) is 6.07 Å². The second-order valence-corrected chi connectivity index (χ2v) is 5.58. The fourth-order valence-electron chi connectivity index (χ4n) is 2.50. The van der Waals surface area contributed by atoms with Gasteiger partial charge in [-0.2, -0.15) is 5.26 Å². The number of hydrogen-bond donors (Lipinski definition) is 2. The van der Waals surface area contributed by atoms with Crippen molar-refractivity contribution in [3.05, 3.63) is 53.6 Å². The van der Waals surface area contributed by atoms with Crippen molar-refractivity contribution < 1.29 is 19.4 Å². The predicted octanol–water partition coefficient (Wildman–Crippen LogP) is 3.46. The maximum Gasteiger partial charge on any atom is 0.326 e. The number of nitrogens with zero attached hydrogens (tertiary/aromatic N) is 1. The number of nitriles is 1. The van der Waals surface area contributed by atoms with Crippen LogP contribution < -0.4 is 14.8 Å². The van der Waals surface area contributed by atoms with E-state index in [9.17, 15) is 9.90 Å². The van der Waals surface area contributed by atoms with E-state index in [1.807, 2.05) is 32.0 Å². The second-order valence-electron chi connectivity index (χ2n) is 5.58. The summed E-state index contributed by atoms with van der Waals surface area (Å²) in [6, 6.07) is 13.3. The lowest BCUT2D eigenvalue weighted by Gasteiger charge is -2.17. The number of carboxylic acids is 1. The Morgan fingerprint density at radius 1 is 1.12 bits per heavy atom. The zero-order chi connectivity index (χ0) is 18.9. The molecule has 0 saturated heterocycles. The molecule has 2 rings (SSSR count). The number of benzene rings is 2. The predicted molar refractivity (Wildman–Crippen MR) is 98.7 cm³/mol. The van der Waals surface area contributed by atoms with Gasteiger partial charge in [0.15, 0.2) is 11.5 Å². The van der Waals surface area contributed by atoms with Crippen molar-refractivity contribution in [1.29, 1.82) is 5.26 Å². The molecule has 0 amide bonds. The molecule has 0 radical (unpaired) electrons. The summed E-state index contributed by atoms with van der Waals surface area (Å²) in [4.78, 5) is 11.6. The Morgan fingerprint density at radius 2 is 1.77 bits per heavy atom. The molecule has 0 aliphatic carbocycles. The van der Waals surface area contributed by atoms with Crippen molar-refractivity contribution in [2.45, 2.75) is 26.3 Å². The molecule has 136 valence electrons. The normalized spacial score (nSPS) is 11.3. The molecule has 26 heavy (non-hydrogen) atoms. The van der Waals surface area contributed by atoms with Crippen LogP contribution in [0.4, 0.5) is 5.69 Å². The highest BCUT2D eigenvalue weighted by molar-refractivity contribution is 5.77. The summed E-state index contributed by atoms with van der Waals surface area (Å²) in [5, 5.41) is 21.4. The molecule has 2 aromatic rings. The van der Waals surface area contributed by atoms with Gasteiger partial charge in [-0.25, -0.2) is 4.79 Å². The van der Waals surface area contributed by atoms with E-state index in [0.717, 1.165) is 5.56 Å². The van der Waals surface area contributed by atoms with Gasteiger partial charge in [0, 0.05) is 12.1 Å². The van der Waals surface area contributed by atoms with Crippen LogP contribution in [-0.4, -0.2) is 30.3 Å². The largest absolute Gasteiger partial charge is 0.490 e. The quantitative estimate of drug-likeness (QED) is 0.716. The molecule has 0 aromatic heterocycles. The lowest BCUT2D eigenvalue weighted by Crippen LogP contribution is -2.31. The summed E-state index contributed by atoms with van der Waals surface area (Å²) in [6.07, 6.45) is 0.280. The van der Waals surface area contributed by atoms with Gasteiger partial charge in [-0.05, 0) is 55.8 Å². The molecule has 0 spiro atoms. The molecule has 0 saturated carbocycles. The van der Waals surface area contributed by atoms with Crippen molar-refractivity contribution in [2.24, 2.45) is 0 Å². The van der Waals surface area contributed by atoms with Gasteiger partial charge in [0.1, 0.15) is 6.04 Å². The number of anilines is 1. The van der Waals surface area contributed by atoms with Gasteiger partial charge in [-0.15, -0.1) is 0 Å². The standard InChI is InChI=1S/C20H22N2O4/c1-3-25-18-10-7-15(12-19(18)26-4-2)11-17(20(23)24)22-16-8-5-14(13-21)6-9-16/h5-10,12,17,22H,3-4,11H2,1-2H3,(H,23,24). The number of nitrogens with one attached hydrogen (secondary N) is 1. The van der Waals surface area contributed by atoms with E-state index in [4.69, 9.17) is 14.7 Å². The summed E-state index contributed by atoms with van der Waals surface area (Å²) in [5.74, 6) is 0.292. The monoisotopic (exact) mass is 354 g/mol. The van der Waals surface area contributed by atoms with E-state index in [0.29, 0.717) is 36.0 Å². The highest BCUT2D eigenvalue weighted by atomic mass is 16.5. The highest BCUT2D eigenvalue weighted by Crippen LogP contribution is 2.29. The molecule has 2 aromatic carbocycles. The van der Waals surface area contributed by atoms with Crippen LogP contribution in [0.5, 0.6) is 11.5 Å². The lowest BCUT2D eigenvalue weighted by molar-refractivity contribution is -0.137. The first-order valence-electron chi connectivity index (χ1n) is 8.45. The third kappa shape index (κ3) is 5.15. The average Bonchev–Trinajstić information content (AvgIpc) is 2.64. The Bertz CT molecular complexity index is 781. The Kier molecular flexibility index (Phi) is 6.86. The summed E-state index contributed by atoms with van der Waals surface area (Å²) in [6.45, 7) is 4.80. The zero-order valence-corrected chi connectivity index (χ0v) is 14.9. The minimum absolute atomic E-state index is 0.280. The van der Waals surface area contributed by atoms with Gasteiger partial charge in [0.05, 0.1) is 24.8 Å². The van der Waals surface area contributed by atoms with Crippen LogP contribution in [0.25, 0.3) is 0 Å². The van der Waals surface area contributed by atoms with E-state index in [-0.39, 0.29) is 6.42 Å². The SMILES string of the molecule is CCOc1ccc(CC(Nc2ccc(C#N)cc2)C(=O)O)cc1OCC. The lowest BCUT2D eigenvalue weighted by atomic mass is 10.0. The third-order valence-electron chi connectivity index (χ3n) is 3.70. The van der Waals surface area contributed by atoms with Crippen molar-refractivity contribution in [3.63, 3.8) is 0 Å². The van der Waals surface area contributed by atoms with Gasteiger partial charge in [-0.3, -0.25) is 0 Å². The van der Waals surface area contributed by atoms with Crippen LogP contribution in [0.3, 0.4) is 0 Å². The molecule has 1 unspecified atom stereocenters. The molecule has 0 bridgehead atoms. The van der Waals surface area contributed by atoms with E-state index in [1.165, 1.54) is 0 Å².